The van der Waals surface area contributed by atoms with E-state index in [0.717, 1.165) is 37.6 Å². The lowest BCUT2D eigenvalue weighted by Crippen LogP contribution is -2.47. The number of rotatable bonds is 4. The number of halogens is 3. The standard InChI is InChI=1S/C16H23F3N2/c1-12(2)20-15-7-4-8-21(11-15)10-13-5-3-6-14(9-13)16(17,18)19/h3,5-6,9,12,15,20H,4,7-8,10-11H2,1-2H3. The van der Waals surface area contributed by atoms with Gasteiger partial charge in [-0.15, -0.1) is 0 Å². The first kappa shape index (κ1) is 16.3. The minimum absolute atomic E-state index is 0.434. The van der Waals surface area contributed by atoms with Crippen molar-refractivity contribution in [2.45, 2.75) is 51.5 Å². The molecule has 1 aliphatic rings. The van der Waals surface area contributed by atoms with Crippen molar-refractivity contribution < 1.29 is 13.2 Å². The summed E-state index contributed by atoms with van der Waals surface area (Å²) >= 11 is 0. The summed E-state index contributed by atoms with van der Waals surface area (Å²) in [5.41, 5.74) is 0.170. The molecule has 0 aliphatic carbocycles. The summed E-state index contributed by atoms with van der Waals surface area (Å²) in [6, 6.07) is 6.52. The molecule has 1 N–H and O–H groups in total. The average molecular weight is 300 g/mol. The molecular formula is C16H23F3N2. The molecule has 1 heterocycles. The molecule has 0 aromatic heterocycles. The molecule has 118 valence electrons. The predicted molar refractivity (Wildman–Crippen MR) is 78.0 cm³/mol. The topological polar surface area (TPSA) is 15.3 Å². The molecule has 0 bridgehead atoms. The molecule has 2 nitrogen and oxygen atoms in total. The van der Waals surface area contributed by atoms with Crippen LogP contribution >= 0.6 is 0 Å². The van der Waals surface area contributed by atoms with Crippen LogP contribution in [0, 0.1) is 0 Å². The molecule has 1 unspecified atom stereocenters. The number of hydrogen-bond acceptors (Lipinski definition) is 2. The SMILES string of the molecule is CC(C)NC1CCCN(Cc2cccc(C(F)(F)F)c2)C1. The first-order chi connectivity index (χ1) is 9.84. The number of benzene rings is 1. The van der Waals surface area contributed by atoms with Crippen LogP contribution in [0.3, 0.4) is 0 Å². The van der Waals surface area contributed by atoms with Crippen molar-refractivity contribution in [1.82, 2.24) is 10.2 Å². The first-order valence-electron chi connectivity index (χ1n) is 7.49. The Morgan fingerprint density at radius 1 is 1.33 bits per heavy atom. The Morgan fingerprint density at radius 3 is 2.76 bits per heavy atom. The van der Waals surface area contributed by atoms with Gasteiger partial charge < -0.3 is 5.32 Å². The van der Waals surface area contributed by atoms with Crippen molar-refractivity contribution in [1.29, 1.82) is 0 Å². The van der Waals surface area contributed by atoms with Crippen molar-refractivity contribution in [3.63, 3.8) is 0 Å². The van der Waals surface area contributed by atoms with Gasteiger partial charge in [-0.05, 0) is 31.0 Å². The van der Waals surface area contributed by atoms with Crippen LogP contribution in [-0.4, -0.2) is 30.1 Å². The van der Waals surface area contributed by atoms with Crippen LogP contribution in [0.15, 0.2) is 24.3 Å². The van der Waals surface area contributed by atoms with Gasteiger partial charge in [0.25, 0.3) is 0 Å². The van der Waals surface area contributed by atoms with Crippen LogP contribution in [0.2, 0.25) is 0 Å². The minimum Gasteiger partial charge on any atom is -0.311 e. The van der Waals surface area contributed by atoms with Gasteiger partial charge in [0.2, 0.25) is 0 Å². The van der Waals surface area contributed by atoms with Gasteiger partial charge in [-0.2, -0.15) is 13.2 Å². The summed E-state index contributed by atoms with van der Waals surface area (Å²) < 4.78 is 38.2. The van der Waals surface area contributed by atoms with Crippen molar-refractivity contribution in [2.75, 3.05) is 13.1 Å². The lowest BCUT2D eigenvalue weighted by Gasteiger charge is -2.34. The maximum Gasteiger partial charge on any atom is 0.416 e. The maximum atomic E-state index is 12.7. The van der Waals surface area contributed by atoms with Crippen LogP contribution in [0.5, 0.6) is 0 Å². The molecule has 0 amide bonds. The van der Waals surface area contributed by atoms with E-state index in [1.165, 1.54) is 12.1 Å². The molecule has 1 saturated heterocycles. The molecular weight excluding hydrogens is 277 g/mol. The van der Waals surface area contributed by atoms with E-state index in [2.05, 4.69) is 24.1 Å². The molecule has 0 spiro atoms. The Morgan fingerprint density at radius 2 is 2.10 bits per heavy atom. The Bertz CT molecular complexity index is 457. The van der Waals surface area contributed by atoms with Gasteiger partial charge in [-0.1, -0.05) is 32.0 Å². The highest BCUT2D eigenvalue weighted by atomic mass is 19.4. The molecule has 1 aromatic rings. The number of likely N-dealkylation sites (tertiary alicyclic amines) is 1. The lowest BCUT2D eigenvalue weighted by molar-refractivity contribution is -0.137. The molecule has 1 fully saturated rings. The number of piperidine rings is 1. The lowest BCUT2D eigenvalue weighted by atomic mass is 10.0. The Balaban J connectivity index is 1.98. The van der Waals surface area contributed by atoms with Crippen LogP contribution in [0.4, 0.5) is 13.2 Å². The van der Waals surface area contributed by atoms with E-state index in [0.29, 0.717) is 18.6 Å². The van der Waals surface area contributed by atoms with Crippen LogP contribution in [-0.2, 0) is 12.7 Å². The number of nitrogens with zero attached hydrogens (tertiary/aromatic N) is 1. The van der Waals surface area contributed by atoms with E-state index in [1.54, 1.807) is 6.07 Å². The van der Waals surface area contributed by atoms with Gasteiger partial charge in [0.05, 0.1) is 5.56 Å². The zero-order valence-corrected chi connectivity index (χ0v) is 12.6. The molecule has 2 rings (SSSR count). The summed E-state index contributed by atoms with van der Waals surface area (Å²) in [4.78, 5) is 2.24. The highest BCUT2D eigenvalue weighted by molar-refractivity contribution is 5.25. The fraction of sp³-hybridized carbons (Fsp3) is 0.625. The van der Waals surface area contributed by atoms with Gasteiger partial charge in [-0.25, -0.2) is 0 Å². The van der Waals surface area contributed by atoms with Gasteiger partial charge in [0.15, 0.2) is 0 Å². The summed E-state index contributed by atoms with van der Waals surface area (Å²) in [7, 11) is 0. The minimum atomic E-state index is -4.26. The van der Waals surface area contributed by atoms with E-state index in [9.17, 15) is 13.2 Å². The predicted octanol–water partition coefficient (Wildman–Crippen LogP) is 3.67. The molecule has 0 radical (unpaired) electrons. The van der Waals surface area contributed by atoms with Gasteiger partial charge in [0, 0.05) is 25.2 Å². The maximum absolute atomic E-state index is 12.7. The van der Waals surface area contributed by atoms with E-state index >= 15 is 0 Å². The molecule has 1 aromatic carbocycles. The molecule has 5 heteroatoms. The summed E-state index contributed by atoms with van der Waals surface area (Å²) in [5, 5.41) is 3.51. The third-order valence-corrected chi connectivity index (χ3v) is 3.74. The molecule has 21 heavy (non-hydrogen) atoms. The normalized spacial score (nSPS) is 21.0. The van der Waals surface area contributed by atoms with Crippen LogP contribution < -0.4 is 5.32 Å². The van der Waals surface area contributed by atoms with Gasteiger partial charge >= 0.3 is 6.18 Å². The molecule has 1 atom stereocenters. The number of alkyl halides is 3. The third kappa shape index (κ3) is 5.00. The van der Waals surface area contributed by atoms with Crippen molar-refractivity contribution in [3.05, 3.63) is 35.4 Å². The van der Waals surface area contributed by atoms with Crippen molar-refractivity contribution in [2.24, 2.45) is 0 Å². The summed E-state index contributed by atoms with van der Waals surface area (Å²) in [5.74, 6) is 0. The number of nitrogens with one attached hydrogen (secondary N) is 1. The summed E-state index contributed by atoms with van der Waals surface area (Å²) in [6.45, 7) is 6.67. The largest absolute Gasteiger partial charge is 0.416 e. The quantitative estimate of drug-likeness (QED) is 0.913. The molecule has 0 saturated carbocycles. The molecule has 1 aliphatic heterocycles. The average Bonchev–Trinajstić information content (AvgIpc) is 2.37. The zero-order valence-electron chi connectivity index (χ0n) is 12.6. The number of hydrogen-bond donors (Lipinski definition) is 1. The summed E-state index contributed by atoms with van der Waals surface area (Å²) in [6.07, 6.45) is -2.04. The van der Waals surface area contributed by atoms with Crippen LogP contribution in [0.1, 0.15) is 37.8 Å². The van der Waals surface area contributed by atoms with Crippen molar-refractivity contribution >= 4 is 0 Å². The van der Waals surface area contributed by atoms with E-state index < -0.39 is 11.7 Å². The Labute approximate surface area is 124 Å². The zero-order chi connectivity index (χ0) is 15.5. The fourth-order valence-electron chi connectivity index (χ4n) is 2.91. The van der Waals surface area contributed by atoms with E-state index in [4.69, 9.17) is 0 Å². The highest BCUT2D eigenvalue weighted by Crippen LogP contribution is 2.29. The second kappa shape index (κ2) is 6.79. The van der Waals surface area contributed by atoms with Crippen molar-refractivity contribution in [3.8, 4) is 0 Å². The highest BCUT2D eigenvalue weighted by Gasteiger charge is 2.30. The third-order valence-electron chi connectivity index (χ3n) is 3.74. The fourth-order valence-corrected chi connectivity index (χ4v) is 2.91. The smallest absolute Gasteiger partial charge is 0.311 e. The second-order valence-corrected chi connectivity index (χ2v) is 6.09. The van der Waals surface area contributed by atoms with E-state index in [-0.39, 0.29) is 0 Å². The first-order valence-corrected chi connectivity index (χ1v) is 7.49. The van der Waals surface area contributed by atoms with Gasteiger partial charge in [0.1, 0.15) is 0 Å². The van der Waals surface area contributed by atoms with Crippen LogP contribution in [0.25, 0.3) is 0 Å². The van der Waals surface area contributed by atoms with E-state index in [1.807, 2.05) is 0 Å². The van der Waals surface area contributed by atoms with Gasteiger partial charge in [-0.3, -0.25) is 4.90 Å². The monoisotopic (exact) mass is 300 g/mol. The Kier molecular flexibility index (Phi) is 5.27. The second-order valence-electron chi connectivity index (χ2n) is 6.09. The Hall–Kier alpha value is -1.07.